The molecule has 0 saturated carbocycles. The molecule has 0 aromatic rings. The number of hydroxylamine groups is 2. The molecule has 0 aromatic heterocycles. The lowest BCUT2D eigenvalue weighted by molar-refractivity contribution is -0.181. The first kappa shape index (κ1) is 17.9. The number of amides is 1. The molecule has 19 heavy (non-hydrogen) atoms. The van der Waals surface area contributed by atoms with Gasteiger partial charge >= 0.3 is 6.47 Å². The second kappa shape index (κ2) is 13.4. The van der Waals surface area contributed by atoms with E-state index in [2.05, 4.69) is 11.8 Å². The maximum atomic E-state index is 11.4. The average molecular weight is 271 g/mol. The van der Waals surface area contributed by atoms with Crippen LogP contribution in [0.1, 0.15) is 77.6 Å². The molecule has 4 nitrogen and oxygen atoms in total. The zero-order valence-electron chi connectivity index (χ0n) is 12.5. The van der Waals surface area contributed by atoms with Crippen LogP contribution >= 0.6 is 0 Å². The van der Waals surface area contributed by atoms with Crippen LogP contribution in [0.5, 0.6) is 0 Å². The van der Waals surface area contributed by atoms with Gasteiger partial charge in [0, 0.05) is 13.5 Å². The number of carbonyl (C=O) groups excluding carboxylic acids is 2. The molecule has 0 heterocycles. The maximum Gasteiger partial charge on any atom is 0.320 e. The molecule has 0 aliphatic heterocycles. The van der Waals surface area contributed by atoms with Gasteiger partial charge in [-0.3, -0.25) is 9.59 Å². The van der Waals surface area contributed by atoms with Gasteiger partial charge in [0.1, 0.15) is 0 Å². The van der Waals surface area contributed by atoms with Crippen LogP contribution in [-0.2, 0) is 14.4 Å². The molecule has 112 valence electrons. The first-order valence-electron chi connectivity index (χ1n) is 7.59. The second-order valence-corrected chi connectivity index (χ2v) is 5.02. The van der Waals surface area contributed by atoms with E-state index in [1.165, 1.54) is 58.4 Å². The smallest absolute Gasteiger partial charge is 0.320 e. The van der Waals surface area contributed by atoms with E-state index in [1.54, 1.807) is 0 Å². The number of hydrogen-bond donors (Lipinski definition) is 0. The molecule has 0 radical (unpaired) electrons. The van der Waals surface area contributed by atoms with E-state index in [0.29, 0.717) is 6.42 Å². The van der Waals surface area contributed by atoms with E-state index in [1.807, 2.05) is 0 Å². The van der Waals surface area contributed by atoms with Crippen molar-refractivity contribution in [2.24, 2.45) is 0 Å². The van der Waals surface area contributed by atoms with Gasteiger partial charge in [-0.25, -0.2) is 0 Å². The average Bonchev–Trinajstić information content (AvgIpc) is 2.41. The summed E-state index contributed by atoms with van der Waals surface area (Å²) in [5, 5.41) is 1.00. The maximum absolute atomic E-state index is 11.4. The van der Waals surface area contributed by atoms with Gasteiger partial charge in [-0.2, -0.15) is 5.06 Å². The summed E-state index contributed by atoms with van der Waals surface area (Å²) in [5.41, 5.74) is 0. The van der Waals surface area contributed by atoms with E-state index >= 15 is 0 Å². The summed E-state index contributed by atoms with van der Waals surface area (Å²) in [6.07, 6.45) is 12.9. The molecule has 4 heteroatoms. The van der Waals surface area contributed by atoms with Crippen LogP contribution in [0.4, 0.5) is 0 Å². The van der Waals surface area contributed by atoms with E-state index in [-0.39, 0.29) is 12.4 Å². The van der Waals surface area contributed by atoms with Gasteiger partial charge in [-0.05, 0) is 6.42 Å². The zero-order chi connectivity index (χ0) is 14.3. The first-order valence-corrected chi connectivity index (χ1v) is 7.59. The zero-order valence-corrected chi connectivity index (χ0v) is 12.5. The molecule has 1 amide bonds. The van der Waals surface area contributed by atoms with Gasteiger partial charge in [0.15, 0.2) is 0 Å². The number of nitrogens with zero attached hydrogens (tertiary/aromatic N) is 1. The lowest BCUT2D eigenvalue weighted by Crippen LogP contribution is -2.26. The third kappa shape index (κ3) is 11.7. The lowest BCUT2D eigenvalue weighted by atomic mass is 10.1. The highest BCUT2D eigenvalue weighted by Gasteiger charge is 2.08. The highest BCUT2D eigenvalue weighted by molar-refractivity contribution is 5.75. The Hall–Kier alpha value is -1.06. The summed E-state index contributed by atoms with van der Waals surface area (Å²) in [6.45, 7) is 2.51. The van der Waals surface area contributed by atoms with Gasteiger partial charge in [0.25, 0.3) is 5.91 Å². The summed E-state index contributed by atoms with van der Waals surface area (Å²) < 4.78 is 0. The SMILES string of the molecule is CCCCCCCCCCCCC(=O)N(C)OC=O. The Morgan fingerprint density at radius 1 is 0.947 bits per heavy atom. The molecule has 0 unspecified atom stereocenters. The lowest BCUT2D eigenvalue weighted by Gasteiger charge is -2.12. The van der Waals surface area contributed by atoms with Crippen molar-refractivity contribution in [2.45, 2.75) is 77.6 Å². The van der Waals surface area contributed by atoms with Crippen LogP contribution in [-0.4, -0.2) is 24.5 Å². The van der Waals surface area contributed by atoms with Crippen molar-refractivity contribution >= 4 is 12.4 Å². The van der Waals surface area contributed by atoms with Crippen molar-refractivity contribution < 1.29 is 14.4 Å². The third-order valence-electron chi connectivity index (χ3n) is 3.30. The topological polar surface area (TPSA) is 46.6 Å². The summed E-state index contributed by atoms with van der Waals surface area (Å²) in [4.78, 5) is 25.9. The van der Waals surface area contributed by atoms with E-state index in [0.717, 1.165) is 17.9 Å². The number of rotatable bonds is 13. The van der Waals surface area contributed by atoms with Gasteiger partial charge in [0.05, 0.1) is 0 Å². The predicted molar refractivity (Wildman–Crippen MR) is 76.4 cm³/mol. The van der Waals surface area contributed by atoms with Crippen molar-refractivity contribution in [3.05, 3.63) is 0 Å². The van der Waals surface area contributed by atoms with Crippen LogP contribution in [0.3, 0.4) is 0 Å². The van der Waals surface area contributed by atoms with Crippen molar-refractivity contribution in [3.63, 3.8) is 0 Å². The van der Waals surface area contributed by atoms with Crippen LogP contribution in [0.2, 0.25) is 0 Å². The molecular weight excluding hydrogens is 242 g/mol. The Kier molecular flexibility index (Phi) is 12.6. The fourth-order valence-corrected chi connectivity index (χ4v) is 2.04. The fourth-order valence-electron chi connectivity index (χ4n) is 2.04. The van der Waals surface area contributed by atoms with E-state index in [9.17, 15) is 9.59 Å². The minimum absolute atomic E-state index is 0.133. The molecule has 0 bridgehead atoms. The molecule has 0 aliphatic carbocycles. The monoisotopic (exact) mass is 271 g/mol. The number of hydrogen-bond acceptors (Lipinski definition) is 3. The Morgan fingerprint density at radius 2 is 1.42 bits per heavy atom. The van der Waals surface area contributed by atoms with E-state index in [4.69, 9.17) is 0 Å². The normalized spacial score (nSPS) is 10.2. The highest BCUT2D eigenvalue weighted by Crippen LogP contribution is 2.11. The van der Waals surface area contributed by atoms with Gasteiger partial charge < -0.3 is 4.84 Å². The Bertz CT molecular complexity index is 231. The standard InChI is InChI=1S/C15H29NO3/c1-3-4-5-6-7-8-9-10-11-12-13-15(18)16(2)19-14-17/h14H,3-13H2,1-2H3. The molecule has 0 saturated heterocycles. The van der Waals surface area contributed by atoms with Crippen LogP contribution in [0.15, 0.2) is 0 Å². The molecule has 0 aromatic carbocycles. The minimum atomic E-state index is -0.133. The first-order chi connectivity index (χ1) is 9.22. The minimum Gasteiger partial charge on any atom is -0.342 e. The van der Waals surface area contributed by atoms with Gasteiger partial charge in [0.2, 0.25) is 0 Å². The molecule has 0 atom stereocenters. The largest absolute Gasteiger partial charge is 0.342 e. The molecule has 0 N–H and O–H groups in total. The molecule has 0 spiro atoms. The Morgan fingerprint density at radius 3 is 1.89 bits per heavy atom. The van der Waals surface area contributed by atoms with Gasteiger partial charge in [-0.1, -0.05) is 64.7 Å². The van der Waals surface area contributed by atoms with E-state index < -0.39 is 0 Å². The Balaban J connectivity index is 3.22. The highest BCUT2D eigenvalue weighted by atomic mass is 16.7. The molecule has 0 fully saturated rings. The second-order valence-electron chi connectivity index (χ2n) is 5.02. The van der Waals surface area contributed by atoms with Gasteiger partial charge in [-0.15, -0.1) is 0 Å². The Labute approximate surface area is 117 Å². The van der Waals surface area contributed by atoms with Crippen molar-refractivity contribution in [1.82, 2.24) is 5.06 Å². The van der Waals surface area contributed by atoms with Crippen molar-refractivity contribution in [1.29, 1.82) is 0 Å². The third-order valence-corrected chi connectivity index (χ3v) is 3.30. The molecule has 0 aliphatic rings. The van der Waals surface area contributed by atoms with Crippen LogP contribution in [0.25, 0.3) is 0 Å². The van der Waals surface area contributed by atoms with Crippen LogP contribution in [0, 0.1) is 0 Å². The molecule has 0 rings (SSSR count). The van der Waals surface area contributed by atoms with Crippen molar-refractivity contribution in [2.75, 3.05) is 7.05 Å². The fraction of sp³-hybridized carbons (Fsp3) is 0.867. The summed E-state index contributed by atoms with van der Waals surface area (Å²) in [7, 11) is 1.47. The summed E-state index contributed by atoms with van der Waals surface area (Å²) in [6, 6.07) is 0. The molecular formula is C15H29NO3. The number of unbranched alkanes of at least 4 members (excludes halogenated alkanes) is 9. The number of carbonyl (C=O) groups is 2. The van der Waals surface area contributed by atoms with Crippen LogP contribution < -0.4 is 0 Å². The summed E-state index contributed by atoms with van der Waals surface area (Å²) >= 11 is 0. The predicted octanol–water partition coefficient (Wildman–Crippen LogP) is 3.84. The summed E-state index contributed by atoms with van der Waals surface area (Å²) in [5.74, 6) is -0.133. The quantitative estimate of drug-likeness (QED) is 0.290. The van der Waals surface area contributed by atoms with Crippen molar-refractivity contribution in [3.8, 4) is 0 Å².